The number of rotatable bonds is 5. The molecule has 0 saturated heterocycles. The van der Waals surface area contributed by atoms with Crippen molar-refractivity contribution in [2.45, 2.75) is 38.0 Å². The van der Waals surface area contributed by atoms with E-state index < -0.39 is 8.07 Å². The van der Waals surface area contributed by atoms with Crippen molar-refractivity contribution in [2.24, 2.45) is 10.2 Å². The van der Waals surface area contributed by atoms with Crippen LogP contribution in [0.5, 0.6) is 0 Å². The predicted octanol–water partition coefficient (Wildman–Crippen LogP) is 8.11. The highest BCUT2D eigenvalue weighted by Gasteiger charge is 2.35. The van der Waals surface area contributed by atoms with Gasteiger partial charge in [0.2, 0.25) is 0 Å². The van der Waals surface area contributed by atoms with Gasteiger partial charge in [0.15, 0.2) is 5.78 Å². The van der Waals surface area contributed by atoms with Gasteiger partial charge in [0.25, 0.3) is 0 Å². The number of azide groups is 2. The van der Waals surface area contributed by atoms with Crippen LogP contribution in [0.3, 0.4) is 0 Å². The van der Waals surface area contributed by atoms with Gasteiger partial charge in [0.05, 0.1) is 0 Å². The maximum absolute atomic E-state index is 13.3. The molecule has 1 fully saturated rings. The highest BCUT2D eigenvalue weighted by Crippen LogP contribution is 2.41. The summed E-state index contributed by atoms with van der Waals surface area (Å²) >= 11 is 0. The first kappa shape index (κ1) is 22.1. The van der Waals surface area contributed by atoms with Crippen LogP contribution in [0.2, 0.25) is 25.2 Å². The van der Waals surface area contributed by atoms with Gasteiger partial charge in [-0.15, -0.1) is 0 Å². The highest BCUT2D eigenvalue weighted by molar-refractivity contribution is 6.77. The molecule has 156 valence electrons. The minimum Gasteiger partial charge on any atom is -0.289 e. The van der Waals surface area contributed by atoms with E-state index >= 15 is 0 Å². The lowest BCUT2D eigenvalue weighted by atomic mass is 9.86. The fraction of sp³-hybridized carbons (Fsp3) is 0.261. The van der Waals surface area contributed by atoms with Crippen LogP contribution in [0, 0.1) is 0 Å². The van der Waals surface area contributed by atoms with E-state index in [0.717, 1.165) is 35.1 Å². The molecule has 0 aliphatic heterocycles. The molecular formula is C23H24N6OSi. The summed E-state index contributed by atoms with van der Waals surface area (Å²) in [5.74, 6) is 0.0766. The number of carbonyl (C=O) groups excluding carboxylic acids is 1. The molecule has 0 radical (unpaired) electrons. The lowest BCUT2D eigenvalue weighted by Crippen LogP contribution is -2.33. The zero-order valence-electron chi connectivity index (χ0n) is 17.9. The molecule has 7 nitrogen and oxygen atoms in total. The van der Waals surface area contributed by atoms with Crippen LogP contribution in [-0.2, 0) is 4.79 Å². The van der Waals surface area contributed by atoms with Crippen LogP contribution in [0.4, 0.5) is 11.4 Å². The summed E-state index contributed by atoms with van der Waals surface area (Å²) in [6.45, 7) is 7.02. The SMILES string of the molecule is C[Si](C)(C)C1C/C(=C/c2ccc(N=[N+]=[N-])cc2)C(=O)/C(=C/c2ccc(N=[N+]=[N-])cc2)C1. The van der Waals surface area contributed by atoms with Crippen molar-refractivity contribution in [2.75, 3.05) is 0 Å². The average molecular weight is 429 g/mol. The van der Waals surface area contributed by atoms with Crippen LogP contribution >= 0.6 is 0 Å². The Balaban J connectivity index is 1.96. The number of hydrogen-bond donors (Lipinski definition) is 0. The van der Waals surface area contributed by atoms with Crippen LogP contribution in [0.15, 0.2) is 69.9 Å². The van der Waals surface area contributed by atoms with E-state index in [0.29, 0.717) is 16.9 Å². The van der Waals surface area contributed by atoms with Gasteiger partial charge in [-0.3, -0.25) is 4.79 Å². The Labute approximate surface area is 182 Å². The number of benzene rings is 2. The molecule has 0 bridgehead atoms. The smallest absolute Gasteiger partial charge is 0.185 e. The van der Waals surface area contributed by atoms with Crippen LogP contribution < -0.4 is 0 Å². The second kappa shape index (κ2) is 9.49. The Bertz CT molecular complexity index is 1050. The predicted molar refractivity (Wildman–Crippen MR) is 128 cm³/mol. The van der Waals surface area contributed by atoms with Crippen molar-refractivity contribution in [3.05, 3.63) is 91.7 Å². The minimum atomic E-state index is -1.49. The number of allylic oxidation sites excluding steroid dienone is 2. The Morgan fingerprint density at radius 1 is 0.806 bits per heavy atom. The molecule has 1 saturated carbocycles. The first-order valence-corrected chi connectivity index (χ1v) is 13.6. The number of hydrogen-bond acceptors (Lipinski definition) is 3. The standard InChI is InChI=1S/C23H24N6OSi/c1-31(2,3)22-14-18(12-16-4-8-20(9-5-16)26-28-24)23(30)19(15-22)13-17-6-10-21(11-7-17)27-29-25/h4-13,22H,14-15H2,1-3H3/b18-12-,19-13+. The van der Waals surface area contributed by atoms with Gasteiger partial charge in [0.1, 0.15) is 0 Å². The fourth-order valence-electron chi connectivity index (χ4n) is 3.64. The third-order valence-electron chi connectivity index (χ3n) is 5.53. The van der Waals surface area contributed by atoms with E-state index in [4.69, 9.17) is 11.1 Å². The average Bonchev–Trinajstić information content (AvgIpc) is 2.73. The molecule has 2 aromatic carbocycles. The normalized spacial score (nSPS) is 19.1. The summed E-state index contributed by atoms with van der Waals surface area (Å²) in [7, 11) is -1.49. The van der Waals surface area contributed by atoms with E-state index in [1.807, 2.05) is 36.4 Å². The van der Waals surface area contributed by atoms with Crippen molar-refractivity contribution in [1.82, 2.24) is 0 Å². The quantitative estimate of drug-likeness (QED) is 0.154. The molecule has 0 amide bonds. The highest BCUT2D eigenvalue weighted by atomic mass is 28.3. The summed E-state index contributed by atoms with van der Waals surface area (Å²) < 4.78 is 0. The molecule has 1 aliphatic carbocycles. The topological polar surface area (TPSA) is 115 Å². The Hall–Kier alpha value is -3.57. The van der Waals surface area contributed by atoms with Crippen molar-refractivity contribution in [1.29, 1.82) is 0 Å². The molecule has 1 atom stereocenters. The van der Waals surface area contributed by atoms with E-state index in [2.05, 4.69) is 39.7 Å². The first-order valence-electron chi connectivity index (χ1n) is 10.1. The third-order valence-corrected chi connectivity index (χ3v) is 8.39. The van der Waals surface area contributed by atoms with Gasteiger partial charge in [-0.2, -0.15) is 0 Å². The molecular weight excluding hydrogens is 404 g/mol. The maximum Gasteiger partial charge on any atom is 0.185 e. The van der Waals surface area contributed by atoms with Gasteiger partial charge < -0.3 is 0 Å². The molecule has 1 aliphatic rings. The number of carbonyl (C=O) groups is 1. The molecule has 0 spiro atoms. The van der Waals surface area contributed by atoms with Gasteiger partial charge in [-0.1, -0.05) is 78.4 Å². The van der Waals surface area contributed by atoms with Crippen molar-refractivity contribution in [3.8, 4) is 0 Å². The Kier molecular flexibility index (Phi) is 6.77. The van der Waals surface area contributed by atoms with Crippen molar-refractivity contribution < 1.29 is 4.79 Å². The molecule has 0 heterocycles. The minimum absolute atomic E-state index is 0.0766. The molecule has 8 heteroatoms. The first-order chi connectivity index (χ1) is 14.8. The second-order valence-corrected chi connectivity index (χ2v) is 14.2. The van der Waals surface area contributed by atoms with E-state index in [9.17, 15) is 4.79 Å². The number of ketones is 1. The summed E-state index contributed by atoms with van der Waals surface area (Å²) in [6, 6.07) is 14.4. The van der Waals surface area contributed by atoms with Gasteiger partial charge >= 0.3 is 0 Å². The fourth-order valence-corrected chi connectivity index (χ4v) is 5.30. The summed E-state index contributed by atoms with van der Waals surface area (Å²) in [6.07, 6.45) is 5.46. The molecule has 1 unspecified atom stereocenters. The van der Waals surface area contributed by atoms with Gasteiger partial charge in [0, 0.05) is 40.4 Å². The molecule has 31 heavy (non-hydrogen) atoms. The van der Waals surface area contributed by atoms with Gasteiger partial charge in [-0.25, -0.2) is 0 Å². The molecule has 0 aromatic heterocycles. The van der Waals surface area contributed by atoms with E-state index in [1.54, 1.807) is 24.3 Å². The molecule has 3 rings (SSSR count). The zero-order valence-corrected chi connectivity index (χ0v) is 18.9. The van der Waals surface area contributed by atoms with Crippen molar-refractivity contribution >= 4 is 37.4 Å². The lowest BCUT2D eigenvalue weighted by molar-refractivity contribution is -0.112. The lowest BCUT2D eigenvalue weighted by Gasteiger charge is -2.34. The van der Waals surface area contributed by atoms with E-state index in [-0.39, 0.29) is 5.78 Å². The molecule has 2 aromatic rings. The van der Waals surface area contributed by atoms with Gasteiger partial charge in [-0.05, 0) is 52.7 Å². The summed E-state index contributed by atoms with van der Waals surface area (Å²) in [4.78, 5) is 18.9. The monoisotopic (exact) mass is 428 g/mol. The number of Topliss-reactive ketones (excluding diaryl/α,β-unsaturated/α-hetero) is 1. The van der Waals surface area contributed by atoms with E-state index in [1.165, 1.54) is 0 Å². The Morgan fingerprint density at radius 2 is 1.19 bits per heavy atom. The molecule has 0 N–H and O–H groups in total. The van der Waals surface area contributed by atoms with Crippen LogP contribution in [0.1, 0.15) is 24.0 Å². The summed E-state index contributed by atoms with van der Waals surface area (Å²) in [5, 5.41) is 7.19. The zero-order chi connectivity index (χ0) is 22.4. The van der Waals surface area contributed by atoms with Crippen LogP contribution in [0.25, 0.3) is 33.0 Å². The van der Waals surface area contributed by atoms with Crippen LogP contribution in [-0.4, -0.2) is 13.9 Å². The maximum atomic E-state index is 13.3. The summed E-state index contributed by atoms with van der Waals surface area (Å²) in [5.41, 5.74) is 22.1. The number of nitrogens with zero attached hydrogens (tertiary/aromatic N) is 6. The van der Waals surface area contributed by atoms with Crippen molar-refractivity contribution in [3.63, 3.8) is 0 Å². The Morgan fingerprint density at radius 3 is 1.52 bits per heavy atom. The largest absolute Gasteiger partial charge is 0.289 e. The second-order valence-electron chi connectivity index (χ2n) is 8.70. The third kappa shape index (κ3) is 5.74.